The Morgan fingerprint density at radius 2 is 2.50 bits per heavy atom. The van der Waals surface area contributed by atoms with E-state index in [0.29, 0.717) is 0 Å². The van der Waals surface area contributed by atoms with Gasteiger partial charge in [0, 0.05) is 0 Å². The lowest BCUT2D eigenvalue weighted by Crippen LogP contribution is -1.88. The van der Waals surface area contributed by atoms with Crippen molar-refractivity contribution >= 4 is 5.97 Å². The van der Waals surface area contributed by atoms with Crippen molar-refractivity contribution in [3.63, 3.8) is 0 Å². The number of aromatic nitrogens is 1. The second-order valence-electron chi connectivity index (χ2n) is 1.15. The summed E-state index contributed by atoms with van der Waals surface area (Å²) in [5.74, 6) is -1.59. The van der Waals surface area contributed by atoms with Gasteiger partial charge in [-0.1, -0.05) is 0 Å². The average Bonchev–Trinajstić information content (AvgIpc) is 2.12. The van der Waals surface area contributed by atoms with E-state index in [1.54, 1.807) is 0 Å². The Morgan fingerprint density at radius 1 is 1.75 bits per heavy atom. The first-order valence-corrected chi connectivity index (χ1v) is 1.90. The lowest BCUT2D eigenvalue weighted by atomic mass is 10.5. The first-order valence-electron chi connectivity index (χ1n) is 1.90. The number of nitrogens with zero attached hydrogens (tertiary/aromatic N) is 1. The molecule has 0 unspecified atom stereocenters. The maximum Gasteiger partial charge on any atom is 0.422 e. The largest absolute Gasteiger partial charge is 0.436 e. The molecule has 0 aliphatic carbocycles. The van der Waals surface area contributed by atoms with E-state index in [0.717, 1.165) is 12.6 Å². The molecule has 0 bridgehead atoms. The molecule has 4 heteroatoms. The molecule has 0 saturated carbocycles. The summed E-state index contributed by atoms with van der Waals surface area (Å²) >= 11 is 0. The lowest BCUT2D eigenvalue weighted by molar-refractivity contribution is 0.0536. The number of rotatable bonds is 1. The van der Waals surface area contributed by atoms with Crippen LogP contribution in [0.1, 0.15) is 10.6 Å². The van der Waals surface area contributed by atoms with Crippen LogP contribution in [0.25, 0.3) is 0 Å². The van der Waals surface area contributed by atoms with Crippen LogP contribution in [0.3, 0.4) is 0 Å². The van der Waals surface area contributed by atoms with Crippen LogP contribution in [0.2, 0.25) is 0 Å². The molecular weight excluding hydrogens is 110 g/mol. The second-order valence-corrected chi connectivity index (χ2v) is 1.15. The molecule has 1 aromatic heterocycles. The maximum atomic E-state index is 9.82. The summed E-state index contributed by atoms with van der Waals surface area (Å²) in [6.45, 7) is 0. The van der Waals surface area contributed by atoms with Gasteiger partial charge in [-0.25, -0.2) is 14.9 Å². The quantitative estimate of drug-likeness (QED) is 0.522. The summed E-state index contributed by atoms with van der Waals surface area (Å²) in [4.78, 5) is 13.2. The molecule has 1 aromatic rings. The van der Waals surface area contributed by atoms with E-state index in [-0.39, 0.29) is 5.76 Å². The van der Waals surface area contributed by atoms with Crippen LogP contribution in [0.15, 0.2) is 17.0 Å². The average molecular weight is 112 g/mol. The van der Waals surface area contributed by atoms with Crippen LogP contribution in [0.4, 0.5) is 0 Å². The van der Waals surface area contributed by atoms with Gasteiger partial charge in [0.15, 0.2) is 6.39 Å². The van der Waals surface area contributed by atoms with Gasteiger partial charge in [-0.3, -0.25) is 0 Å². The van der Waals surface area contributed by atoms with E-state index in [2.05, 4.69) is 9.40 Å². The van der Waals surface area contributed by atoms with Crippen molar-refractivity contribution in [2.24, 2.45) is 0 Å². The number of hydrogen-bond donors (Lipinski definition) is 0. The predicted octanol–water partition coefficient (Wildman–Crippen LogP) is 0.245. The molecule has 0 aromatic carbocycles. The normalized spacial score (nSPS) is 9.00. The summed E-state index contributed by atoms with van der Waals surface area (Å²) in [6.07, 6.45) is 2.11. The third-order valence-electron chi connectivity index (χ3n) is 0.634. The van der Waals surface area contributed by atoms with Crippen molar-refractivity contribution < 1.29 is 14.3 Å². The van der Waals surface area contributed by atoms with Crippen molar-refractivity contribution in [2.75, 3.05) is 0 Å². The smallest absolute Gasteiger partial charge is 0.422 e. The van der Waals surface area contributed by atoms with Crippen LogP contribution in [0, 0.1) is 0 Å². The van der Waals surface area contributed by atoms with Crippen molar-refractivity contribution in [3.05, 3.63) is 18.4 Å². The minimum atomic E-state index is -1.34. The first-order chi connectivity index (χ1) is 3.80. The van der Waals surface area contributed by atoms with Crippen LogP contribution in [-0.4, -0.2) is 11.0 Å². The van der Waals surface area contributed by atoms with Crippen LogP contribution in [-0.2, 0) is 5.11 Å². The highest BCUT2D eigenvalue weighted by Gasteiger charge is 2.06. The zero-order valence-corrected chi connectivity index (χ0v) is 3.83. The Hall–Kier alpha value is -1.32. The Morgan fingerprint density at radius 3 is 2.75 bits per heavy atom. The van der Waals surface area contributed by atoms with Gasteiger partial charge in [-0.15, -0.1) is 0 Å². The summed E-state index contributed by atoms with van der Waals surface area (Å²) < 4.78 is 4.32. The highest BCUT2D eigenvalue weighted by atomic mass is 16.4. The molecule has 1 heterocycles. The molecule has 0 fully saturated rings. The molecule has 8 heavy (non-hydrogen) atoms. The second kappa shape index (κ2) is 1.65. The topological polar surface area (TPSA) is 63.0 Å². The molecular formula is C4H2NO3. The van der Waals surface area contributed by atoms with Crippen molar-refractivity contribution in [1.82, 2.24) is 4.98 Å². The minimum absolute atomic E-state index is 0.245. The zero-order chi connectivity index (χ0) is 5.98. The van der Waals surface area contributed by atoms with E-state index in [1.165, 1.54) is 0 Å². The zero-order valence-electron chi connectivity index (χ0n) is 3.83. The van der Waals surface area contributed by atoms with Gasteiger partial charge >= 0.3 is 5.97 Å². The Bertz CT molecular complexity index is 179. The Kier molecular flexibility index (Phi) is 0.997. The molecule has 0 N–H and O–H groups in total. The molecule has 0 aliphatic heterocycles. The molecule has 0 aliphatic rings. The summed E-state index contributed by atoms with van der Waals surface area (Å²) in [5.41, 5.74) is 0. The van der Waals surface area contributed by atoms with Crippen molar-refractivity contribution in [1.29, 1.82) is 0 Å². The van der Waals surface area contributed by atoms with E-state index in [4.69, 9.17) is 0 Å². The molecule has 0 atom stereocenters. The third-order valence-corrected chi connectivity index (χ3v) is 0.634. The molecule has 1 rings (SSSR count). The lowest BCUT2D eigenvalue weighted by Gasteiger charge is -1.72. The fraction of sp³-hybridized carbons (Fsp3) is 0. The number of carbonyl (C=O) groups is 1. The highest BCUT2D eigenvalue weighted by molar-refractivity contribution is 5.83. The van der Waals surface area contributed by atoms with Crippen LogP contribution >= 0.6 is 0 Å². The molecule has 4 nitrogen and oxygen atoms in total. The molecule has 0 spiro atoms. The highest BCUT2D eigenvalue weighted by Crippen LogP contribution is 1.94. The Labute approximate surface area is 44.8 Å². The summed E-state index contributed by atoms with van der Waals surface area (Å²) in [5, 5.41) is 9.82. The van der Waals surface area contributed by atoms with E-state index < -0.39 is 5.97 Å². The van der Waals surface area contributed by atoms with Crippen LogP contribution < -0.4 is 0 Å². The molecule has 0 saturated heterocycles. The first kappa shape index (κ1) is 4.83. The van der Waals surface area contributed by atoms with Crippen molar-refractivity contribution in [2.45, 2.75) is 0 Å². The minimum Gasteiger partial charge on any atom is -0.436 e. The van der Waals surface area contributed by atoms with Gasteiger partial charge in [0.05, 0.1) is 6.20 Å². The molecule has 41 valence electrons. The van der Waals surface area contributed by atoms with E-state index in [9.17, 15) is 9.90 Å². The Balaban J connectivity index is 2.93. The van der Waals surface area contributed by atoms with Gasteiger partial charge in [-0.05, 0) is 0 Å². The fourth-order valence-electron chi connectivity index (χ4n) is 0.317. The maximum absolute atomic E-state index is 9.82. The standard InChI is InChI=1S/C4H2NO3/c6-4(7)3-1-5-2-8-3/h1-2H. The van der Waals surface area contributed by atoms with Gasteiger partial charge in [0.1, 0.15) is 0 Å². The van der Waals surface area contributed by atoms with Gasteiger partial charge in [-0.2, -0.15) is 0 Å². The van der Waals surface area contributed by atoms with Gasteiger partial charge in [0.2, 0.25) is 5.76 Å². The number of oxazole rings is 1. The molecule has 0 amide bonds. The number of carbonyl (C=O) groups excluding carboxylic acids is 1. The summed E-state index contributed by atoms with van der Waals surface area (Å²) in [7, 11) is 0. The van der Waals surface area contributed by atoms with Crippen LogP contribution in [0.5, 0.6) is 0 Å². The van der Waals surface area contributed by atoms with Gasteiger partial charge in [0.25, 0.3) is 0 Å². The van der Waals surface area contributed by atoms with E-state index in [1.807, 2.05) is 0 Å². The monoisotopic (exact) mass is 112 g/mol. The number of hydrogen-bond acceptors (Lipinski definition) is 3. The summed E-state index contributed by atoms with van der Waals surface area (Å²) in [6, 6.07) is 0. The molecule has 1 radical (unpaired) electrons. The van der Waals surface area contributed by atoms with E-state index >= 15 is 0 Å². The van der Waals surface area contributed by atoms with Gasteiger partial charge < -0.3 is 4.42 Å². The predicted molar refractivity (Wildman–Crippen MR) is 21.5 cm³/mol. The van der Waals surface area contributed by atoms with Crippen molar-refractivity contribution in [3.8, 4) is 0 Å². The third kappa shape index (κ3) is 0.676. The fourth-order valence-corrected chi connectivity index (χ4v) is 0.317. The SMILES string of the molecule is [O]C(=O)c1cnco1.